The van der Waals surface area contributed by atoms with Gasteiger partial charge in [-0.25, -0.2) is 4.39 Å². The van der Waals surface area contributed by atoms with Gasteiger partial charge in [0, 0.05) is 49.2 Å². The molecule has 12 heteroatoms. The molecule has 2 N–H and O–H groups in total. The van der Waals surface area contributed by atoms with Crippen LogP contribution in [-0.2, 0) is 32.8 Å². The number of fused-ring (bicyclic) bond motifs is 1. The van der Waals surface area contributed by atoms with Crippen LogP contribution in [0.1, 0.15) is 39.9 Å². The number of halogens is 1. The molecule has 188 valence electrons. The summed E-state index contributed by atoms with van der Waals surface area (Å²) in [6.07, 6.45) is -0.367. The van der Waals surface area contributed by atoms with Gasteiger partial charge >= 0.3 is 0 Å². The van der Waals surface area contributed by atoms with E-state index in [1.165, 1.54) is 30.3 Å². The van der Waals surface area contributed by atoms with Crippen LogP contribution in [0.4, 0.5) is 4.39 Å². The zero-order chi connectivity index (χ0) is 26.4. The van der Waals surface area contributed by atoms with Crippen LogP contribution in [0.2, 0.25) is 0 Å². The molecule has 3 aliphatic rings. The predicted octanol–water partition coefficient (Wildman–Crippen LogP) is 0.265. The van der Waals surface area contributed by atoms with E-state index in [4.69, 9.17) is 25.2 Å². The van der Waals surface area contributed by atoms with Crippen molar-refractivity contribution in [2.75, 3.05) is 26.3 Å². The first-order chi connectivity index (χ1) is 17.6. The van der Waals surface area contributed by atoms with Crippen molar-refractivity contribution < 1.29 is 33.4 Å². The molecule has 2 fully saturated rings. The van der Waals surface area contributed by atoms with Crippen LogP contribution < -0.4 is 10.1 Å². The van der Waals surface area contributed by atoms with Crippen LogP contribution in [0.15, 0.2) is 36.4 Å². The Morgan fingerprint density at radius 1 is 1.16 bits per heavy atom. The van der Waals surface area contributed by atoms with Crippen LogP contribution in [0, 0.1) is 5.82 Å². The molecule has 3 heterocycles. The number of rotatable bonds is 6. The van der Waals surface area contributed by atoms with E-state index < -0.39 is 34.7 Å². The highest BCUT2D eigenvalue weighted by Gasteiger charge is 2.51. The largest absolute Gasteiger partial charge is 0.502 e. The molecule has 1 atom stereocenters. The summed E-state index contributed by atoms with van der Waals surface area (Å²) < 4.78 is 26.3. The molecular weight excluding hydrogens is 479 g/mol. The summed E-state index contributed by atoms with van der Waals surface area (Å²) in [7, 11) is 12.4. The minimum Gasteiger partial charge on any atom is -0.502 e. The van der Waals surface area contributed by atoms with Gasteiger partial charge in [-0.15, -0.1) is 0 Å². The lowest BCUT2D eigenvalue weighted by Gasteiger charge is -2.37. The maximum Gasteiger partial charge on any atom is 0.279 e. The molecule has 0 bridgehead atoms. The lowest BCUT2D eigenvalue weighted by Crippen LogP contribution is -2.63. The monoisotopic (exact) mass is 503 g/mol. The van der Waals surface area contributed by atoms with Crippen LogP contribution in [0.3, 0.4) is 0 Å². The molecule has 1 unspecified atom stereocenters. The van der Waals surface area contributed by atoms with E-state index in [9.17, 15) is 19.5 Å². The minimum atomic E-state index is -2.20. The Balaban J connectivity index is 1.36. The molecule has 5 rings (SSSR count). The third-order valence-electron chi connectivity index (χ3n) is 6.93. The molecule has 0 spiro atoms. The van der Waals surface area contributed by atoms with Gasteiger partial charge in [0.1, 0.15) is 27.3 Å². The number of nitrogens with zero attached hydrogens (tertiary/aromatic N) is 2. The Bertz CT molecular complexity index is 1270. The number of piperidine rings is 1. The Hall–Kier alpha value is -3.21. The quantitative estimate of drug-likeness (QED) is 0.431. The number of carbonyl (C=O) groups is 3. The van der Waals surface area contributed by atoms with Crippen LogP contribution in [0.5, 0.6) is 5.75 Å². The predicted molar refractivity (Wildman–Crippen MR) is 130 cm³/mol. The third kappa shape index (κ3) is 4.76. The first kappa shape index (κ1) is 25.4. The van der Waals surface area contributed by atoms with E-state index in [1.54, 1.807) is 6.07 Å². The van der Waals surface area contributed by atoms with Crippen LogP contribution >= 0.6 is 0 Å². The topological polar surface area (TPSA) is 108 Å². The zero-order valence-corrected chi connectivity index (χ0v) is 20.0. The van der Waals surface area contributed by atoms with E-state index in [1.807, 2.05) is 0 Å². The highest BCUT2D eigenvalue weighted by atomic mass is 19.1. The minimum absolute atomic E-state index is 0.0826. The fourth-order valence-electron chi connectivity index (χ4n) is 4.88. The van der Waals surface area contributed by atoms with Crippen molar-refractivity contribution >= 4 is 33.4 Å². The van der Waals surface area contributed by atoms with E-state index in [0.717, 1.165) is 23.6 Å². The third-order valence-corrected chi connectivity index (χ3v) is 6.93. The Labute approximate surface area is 215 Å². The molecule has 3 amide bonds. The zero-order valence-electron chi connectivity index (χ0n) is 20.0. The van der Waals surface area contributed by atoms with Crippen molar-refractivity contribution in [1.29, 1.82) is 0 Å². The highest BCUT2D eigenvalue weighted by molar-refractivity contribution is 6.39. The molecule has 0 saturated carbocycles. The summed E-state index contributed by atoms with van der Waals surface area (Å²) in [5, 5.41) is 10.9. The fraction of sp³-hybridized carbons (Fsp3) is 0.400. The van der Waals surface area contributed by atoms with Gasteiger partial charge in [-0.3, -0.25) is 29.5 Å². The van der Waals surface area contributed by atoms with Gasteiger partial charge < -0.3 is 14.6 Å². The molecule has 4 radical (unpaired) electrons. The summed E-state index contributed by atoms with van der Waals surface area (Å²) in [6, 6.07) is 9.12. The Kier molecular flexibility index (Phi) is 6.59. The lowest BCUT2D eigenvalue weighted by molar-refractivity contribution is -0.168. The second-order valence-corrected chi connectivity index (χ2v) is 9.47. The molecule has 2 aromatic carbocycles. The maximum absolute atomic E-state index is 15.1. The molecule has 2 aromatic rings. The molecule has 3 aliphatic heterocycles. The Morgan fingerprint density at radius 3 is 2.62 bits per heavy atom. The molecule has 2 saturated heterocycles. The molecule has 0 aromatic heterocycles. The van der Waals surface area contributed by atoms with Crippen LogP contribution in [-0.4, -0.2) is 80.3 Å². The standard InChI is InChI=1S/C25H24B2FN3O6/c26-25(27,18-5-4-15(12-19(18)28)13-30-8-10-36-11-9-30)37-20-3-1-2-16-17(20)14-31(22(16)33)24(35)7-6-21(32)29-23(24)34/h1-5,12,35H,6-11,13-14H2,(H,29,32,34). The second-order valence-electron chi connectivity index (χ2n) is 9.47. The average molecular weight is 503 g/mol. The summed E-state index contributed by atoms with van der Waals surface area (Å²) in [6.45, 7) is 3.13. The Morgan fingerprint density at radius 2 is 1.92 bits per heavy atom. The van der Waals surface area contributed by atoms with Gasteiger partial charge in [0.25, 0.3) is 11.8 Å². The summed E-state index contributed by atoms with van der Waals surface area (Å²) >= 11 is 0. The van der Waals surface area contributed by atoms with E-state index >= 15 is 4.39 Å². The highest BCUT2D eigenvalue weighted by Crippen LogP contribution is 2.38. The molecule has 9 nitrogen and oxygen atoms in total. The molecular formula is C25H24B2FN3O6. The van der Waals surface area contributed by atoms with Crippen molar-refractivity contribution in [2.24, 2.45) is 0 Å². The fourth-order valence-corrected chi connectivity index (χ4v) is 4.88. The number of aliphatic hydroxyl groups is 1. The smallest absolute Gasteiger partial charge is 0.279 e. The first-order valence-electron chi connectivity index (χ1n) is 11.9. The number of imide groups is 1. The molecule has 0 aliphatic carbocycles. The second kappa shape index (κ2) is 9.59. The van der Waals surface area contributed by atoms with Crippen molar-refractivity contribution in [3.63, 3.8) is 0 Å². The normalized spacial score (nSPS) is 22.6. The molecule has 37 heavy (non-hydrogen) atoms. The lowest BCUT2D eigenvalue weighted by atomic mass is 9.61. The first-order valence-corrected chi connectivity index (χ1v) is 11.9. The van der Waals surface area contributed by atoms with Crippen LogP contribution in [0.25, 0.3) is 0 Å². The van der Waals surface area contributed by atoms with Crippen molar-refractivity contribution in [2.45, 2.75) is 37.1 Å². The number of carbonyl (C=O) groups excluding carboxylic acids is 3. The van der Waals surface area contributed by atoms with E-state index in [0.29, 0.717) is 25.3 Å². The number of benzene rings is 2. The van der Waals surface area contributed by atoms with Gasteiger partial charge in [-0.1, -0.05) is 18.2 Å². The van der Waals surface area contributed by atoms with Crippen molar-refractivity contribution in [1.82, 2.24) is 15.1 Å². The SMILES string of the molecule is [B]C([B])(Oc1cccc2c1CN(C1(O)CCC(=O)NC1=O)C2=O)c1ccc(CN2CCOCC2)cc1F. The summed E-state index contributed by atoms with van der Waals surface area (Å²) in [5.41, 5.74) is -1.03. The number of amides is 3. The number of hydrogen-bond acceptors (Lipinski definition) is 7. The summed E-state index contributed by atoms with van der Waals surface area (Å²) in [4.78, 5) is 40.1. The van der Waals surface area contributed by atoms with Gasteiger partial charge in [-0.05, 0) is 23.8 Å². The number of morpholine rings is 1. The van der Waals surface area contributed by atoms with Gasteiger partial charge in [-0.2, -0.15) is 0 Å². The summed E-state index contributed by atoms with van der Waals surface area (Å²) in [5.74, 6) is -2.66. The van der Waals surface area contributed by atoms with Gasteiger partial charge in [0.2, 0.25) is 11.6 Å². The number of nitrogens with one attached hydrogen (secondary N) is 1. The van der Waals surface area contributed by atoms with Gasteiger partial charge in [0.05, 0.1) is 25.2 Å². The maximum atomic E-state index is 15.1. The van der Waals surface area contributed by atoms with Crippen molar-refractivity contribution in [3.05, 3.63) is 64.5 Å². The van der Waals surface area contributed by atoms with E-state index in [2.05, 4.69) is 10.2 Å². The van der Waals surface area contributed by atoms with Crippen molar-refractivity contribution in [3.8, 4) is 5.75 Å². The van der Waals surface area contributed by atoms with Gasteiger partial charge in [0.15, 0.2) is 0 Å². The number of ether oxygens (including phenoxy) is 2. The van der Waals surface area contributed by atoms with E-state index in [-0.39, 0.29) is 36.3 Å². The number of hydrogen-bond donors (Lipinski definition) is 2. The average Bonchev–Trinajstić information content (AvgIpc) is 3.20.